The highest BCUT2D eigenvalue weighted by Gasteiger charge is 2.29. The van der Waals surface area contributed by atoms with E-state index >= 15 is 0 Å². The minimum absolute atomic E-state index is 0.314. The largest absolute Gasteiger partial charge is 0.497 e. The van der Waals surface area contributed by atoms with Crippen LogP contribution in [0.4, 0.5) is 5.69 Å². The van der Waals surface area contributed by atoms with Gasteiger partial charge in [-0.15, -0.1) is 0 Å². The number of nitrogens with zero attached hydrogens (tertiary/aromatic N) is 2. The van der Waals surface area contributed by atoms with Crippen molar-refractivity contribution in [1.29, 1.82) is 0 Å². The van der Waals surface area contributed by atoms with Gasteiger partial charge in [-0.25, -0.2) is 8.42 Å². The van der Waals surface area contributed by atoms with Crippen molar-refractivity contribution < 1.29 is 13.2 Å². The van der Waals surface area contributed by atoms with Crippen molar-refractivity contribution in [1.82, 2.24) is 4.31 Å². The fourth-order valence-corrected chi connectivity index (χ4v) is 4.75. The lowest BCUT2D eigenvalue weighted by molar-refractivity contribution is 0.384. The summed E-state index contributed by atoms with van der Waals surface area (Å²) in [5.74, 6) is 1.09. The summed E-state index contributed by atoms with van der Waals surface area (Å²) in [7, 11) is -1.90. The van der Waals surface area contributed by atoms with Gasteiger partial charge in [0.2, 0.25) is 10.0 Å². The van der Waals surface area contributed by atoms with Crippen LogP contribution >= 0.6 is 0 Å². The Bertz CT molecular complexity index is 840. The predicted octanol–water partition coefficient (Wildman–Crippen LogP) is 3.33. The summed E-state index contributed by atoms with van der Waals surface area (Å²) in [6.45, 7) is 6.73. The topological polar surface area (TPSA) is 49.9 Å². The minimum atomic E-state index is -3.47. The Labute approximate surface area is 156 Å². The second-order valence-electron chi connectivity index (χ2n) is 6.78. The molecule has 3 rings (SSSR count). The van der Waals surface area contributed by atoms with Crippen LogP contribution in [0.3, 0.4) is 0 Å². The Balaban J connectivity index is 1.74. The number of hydrogen-bond donors (Lipinski definition) is 0. The van der Waals surface area contributed by atoms with Gasteiger partial charge in [0, 0.05) is 31.9 Å². The second kappa shape index (κ2) is 7.68. The molecule has 0 saturated carbocycles. The van der Waals surface area contributed by atoms with Crippen molar-refractivity contribution in [2.24, 2.45) is 0 Å². The zero-order valence-corrected chi connectivity index (χ0v) is 16.4. The van der Waals surface area contributed by atoms with E-state index in [9.17, 15) is 8.42 Å². The second-order valence-corrected chi connectivity index (χ2v) is 8.72. The van der Waals surface area contributed by atoms with Gasteiger partial charge < -0.3 is 9.64 Å². The zero-order chi connectivity index (χ0) is 18.7. The van der Waals surface area contributed by atoms with E-state index in [1.165, 1.54) is 11.3 Å². The Morgan fingerprint density at radius 2 is 1.54 bits per heavy atom. The molecule has 0 atom stereocenters. The molecule has 1 aliphatic heterocycles. The maximum atomic E-state index is 12.9. The van der Waals surface area contributed by atoms with Gasteiger partial charge in [0.15, 0.2) is 0 Å². The molecule has 1 saturated heterocycles. The van der Waals surface area contributed by atoms with E-state index in [-0.39, 0.29) is 0 Å². The molecule has 2 aromatic rings. The average Bonchev–Trinajstić information content (AvgIpc) is 2.68. The maximum absolute atomic E-state index is 12.9. The standard InChI is InChI=1S/C20H26N2O3S/c1-16(2)19-6-4-5-7-20(19)21-12-14-22(15-13-21)26(23,24)18-10-8-17(25-3)9-11-18/h4-11,16H,12-15H2,1-3H3. The van der Waals surface area contributed by atoms with Gasteiger partial charge in [0.05, 0.1) is 12.0 Å². The highest BCUT2D eigenvalue weighted by molar-refractivity contribution is 7.89. The number of hydrogen-bond acceptors (Lipinski definition) is 4. The van der Waals surface area contributed by atoms with Gasteiger partial charge >= 0.3 is 0 Å². The van der Waals surface area contributed by atoms with Crippen LogP contribution in [0, 0.1) is 0 Å². The van der Waals surface area contributed by atoms with Crippen LogP contribution in [0.15, 0.2) is 53.4 Å². The molecule has 0 spiro atoms. The third-order valence-corrected chi connectivity index (χ3v) is 6.75. The average molecular weight is 375 g/mol. The van der Waals surface area contributed by atoms with Gasteiger partial charge in [-0.1, -0.05) is 32.0 Å². The first-order chi connectivity index (χ1) is 12.4. The molecule has 1 heterocycles. The van der Waals surface area contributed by atoms with E-state index in [0.717, 1.165) is 0 Å². The molecule has 0 radical (unpaired) electrons. The predicted molar refractivity (Wildman–Crippen MR) is 104 cm³/mol. The summed E-state index contributed by atoms with van der Waals surface area (Å²) in [4.78, 5) is 2.60. The summed E-state index contributed by atoms with van der Waals surface area (Å²) in [6.07, 6.45) is 0. The molecule has 6 heteroatoms. The van der Waals surface area contributed by atoms with E-state index in [2.05, 4.69) is 36.9 Å². The molecule has 0 amide bonds. The molecule has 0 N–H and O–H groups in total. The maximum Gasteiger partial charge on any atom is 0.243 e. The number of benzene rings is 2. The number of sulfonamides is 1. The lowest BCUT2D eigenvalue weighted by atomic mass is 10.00. The van der Waals surface area contributed by atoms with Crippen molar-refractivity contribution in [2.75, 3.05) is 38.2 Å². The SMILES string of the molecule is COc1ccc(S(=O)(=O)N2CCN(c3ccccc3C(C)C)CC2)cc1. The number of anilines is 1. The summed E-state index contributed by atoms with van der Waals surface area (Å²) in [5.41, 5.74) is 2.52. The van der Waals surface area contributed by atoms with Gasteiger partial charge in [-0.3, -0.25) is 0 Å². The van der Waals surface area contributed by atoms with Crippen LogP contribution in [0.5, 0.6) is 5.75 Å². The molecule has 0 aliphatic carbocycles. The van der Waals surface area contributed by atoms with Gasteiger partial charge in [0.1, 0.15) is 5.75 Å². The van der Waals surface area contributed by atoms with Gasteiger partial charge in [0.25, 0.3) is 0 Å². The van der Waals surface area contributed by atoms with Crippen LogP contribution in [0.25, 0.3) is 0 Å². The van der Waals surface area contributed by atoms with Crippen LogP contribution in [-0.2, 0) is 10.0 Å². The molecule has 140 valence electrons. The number of piperazine rings is 1. The Morgan fingerprint density at radius 3 is 2.12 bits per heavy atom. The highest BCUT2D eigenvalue weighted by Crippen LogP contribution is 2.29. The van der Waals surface area contributed by atoms with Crippen LogP contribution in [-0.4, -0.2) is 46.0 Å². The van der Waals surface area contributed by atoms with E-state index in [4.69, 9.17) is 4.74 Å². The lowest BCUT2D eigenvalue weighted by Crippen LogP contribution is -2.48. The molecular formula is C20H26N2O3S. The van der Waals surface area contributed by atoms with Crippen molar-refractivity contribution in [3.63, 3.8) is 0 Å². The number of rotatable bonds is 5. The molecular weight excluding hydrogens is 348 g/mol. The molecule has 26 heavy (non-hydrogen) atoms. The zero-order valence-electron chi connectivity index (χ0n) is 15.6. The van der Waals surface area contributed by atoms with E-state index in [1.807, 2.05) is 6.07 Å². The summed E-state index contributed by atoms with van der Waals surface area (Å²) >= 11 is 0. The first kappa shape index (κ1) is 18.7. The Hall–Kier alpha value is -2.05. The van der Waals surface area contributed by atoms with E-state index in [0.29, 0.717) is 42.7 Å². The molecule has 1 aliphatic rings. The molecule has 5 nitrogen and oxygen atoms in total. The van der Waals surface area contributed by atoms with Crippen molar-refractivity contribution >= 4 is 15.7 Å². The van der Waals surface area contributed by atoms with Crippen molar-refractivity contribution in [3.05, 3.63) is 54.1 Å². The molecule has 0 aromatic heterocycles. The normalized spacial score (nSPS) is 16.1. The first-order valence-electron chi connectivity index (χ1n) is 8.91. The lowest BCUT2D eigenvalue weighted by Gasteiger charge is -2.36. The summed E-state index contributed by atoms with van der Waals surface area (Å²) in [5, 5.41) is 0. The summed E-state index contributed by atoms with van der Waals surface area (Å²) < 4.78 is 32.4. The van der Waals surface area contributed by atoms with E-state index < -0.39 is 10.0 Å². The highest BCUT2D eigenvalue weighted by atomic mass is 32.2. The number of para-hydroxylation sites is 1. The smallest absolute Gasteiger partial charge is 0.243 e. The fourth-order valence-electron chi connectivity index (χ4n) is 3.33. The van der Waals surface area contributed by atoms with Crippen LogP contribution in [0.2, 0.25) is 0 Å². The molecule has 2 aromatic carbocycles. The molecule has 0 unspecified atom stereocenters. The third kappa shape index (κ3) is 3.71. The van der Waals surface area contributed by atoms with Crippen LogP contribution < -0.4 is 9.64 Å². The Kier molecular flexibility index (Phi) is 5.53. The first-order valence-corrected chi connectivity index (χ1v) is 10.4. The van der Waals surface area contributed by atoms with Gasteiger partial charge in [-0.05, 0) is 41.8 Å². The quantitative estimate of drug-likeness (QED) is 0.805. The Morgan fingerprint density at radius 1 is 0.923 bits per heavy atom. The number of methoxy groups -OCH3 is 1. The minimum Gasteiger partial charge on any atom is -0.497 e. The monoisotopic (exact) mass is 374 g/mol. The molecule has 0 bridgehead atoms. The fraction of sp³-hybridized carbons (Fsp3) is 0.400. The molecule has 1 fully saturated rings. The van der Waals surface area contributed by atoms with Crippen LogP contribution in [0.1, 0.15) is 25.3 Å². The van der Waals surface area contributed by atoms with Crippen molar-refractivity contribution in [2.45, 2.75) is 24.7 Å². The van der Waals surface area contributed by atoms with E-state index in [1.54, 1.807) is 35.7 Å². The van der Waals surface area contributed by atoms with Crippen molar-refractivity contribution in [3.8, 4) is 5.75 Å². The third-order valence-electron chi connectivity index (χ3n) is 4.84. The van der Waals surface area contributed by atoms with Gasteiger partial charge in [-0.2, -0.15) is 4.31 Å². The summed E-state index contributed by atoms with van der Waals surface area (Å²) in [6, 6.07) is 15.0. The number of ether oxygens (including phenoxy) is 1.